The minimum Gasteiger partial charge on any atom is -0.261 e. The van der Waals surface area contributed by atoms with E-state index in [1.54, 1.807) is 7.05 Å². The number of aliphatic imine (C=N–C) groups is 1. The van der Waals surface area contributed by atoms with Crippen LogP contribution in [0.15, 0.2) is 4.99 Å². The summed E-state index contributed by atoms with van der Waals surface area (Å²) >= 11 is 0. The first-order valence-corrected chi connectivity index (χ1v) is 2.36. The Hall–Kier alpha value is -0.970. The van der Waals surface area contributed by atoms with Crippen molar-refractivity contribution in [2.24, 2.45) is 4.99 Å². The molecule has 1 atom stereocenters. The molecule has 5 heteroatoms. The van der Waals surface area contributed by atoms with E-state index in [1.807, 2.05) is 0 Å². The van der Waals surface area contributed by atoms with Crippen LogP contribution in [0.4, 0.5) is 0 Å². The van der Waals surface area contributed by atoms with Gasteiger partial charge in [0.25, 0.3) is 0 Å². The molecule has 0 aliphatic carbocycles. The summed E-state index contributed by atoms with van der Waals surface area (Å²) in [6.45, 7) is 2.55. The first-order chi connectivity index (χ1) is 4.22. The molecule has 0 saturated heterocycles. The highest BCUT2D eigenvalue weighted by Gasteiger charge is 2.27. The number of nitrogens with zero attached hydrogens (tertiary/aromatic N) is 3. The fourth-order valence-corrected chi connectivity index (χ4v) is 0.554. The molecule has 0 aromatic heterocycles. The van der Waals surface area contributed by atoms with E-state index in [1.165, 1.54) is 11.1 Å². The molecule has 0 bridgehead atoms. The third-order valence-corrected chi connectivity index (χ3v) is 1.00. The zero-order valence-corrected chi connectivity index (χ0v) is 4.81. The van der Waals surface area contributed by atoms with Crippen molar-refractivity contribution < 1.29 is 4.92 Å². The van der Waals surface area contributed by atoms with Crippen LogP contribution in [0.25, 0.3) is 0 Å². The van der Waals surface area contributed by atoms with Crippen molar-refractivity contribution >= 4 is 6.21 Å². The summed E-state index contributed by atoms with van der Waals surface area (Å²) in [5, 5.41) is 10.0. The van der Waals surface area contributed by atoms with E-state index in [0.717, 1.165) is 0 Å². The van der Waals surface area contributed by atoms with Crippen LogP contribution in [0.2, 0.25) is 0 Å². The predicted octanol–water partition coefficient (Wildman–Crippen LogP) is -0.398. The van der Waals surface area contributed by atoms with Gasteiger partial charge in [-0.1, -0.05) is 0 Å². The highest BCUT2D eigenvalue weighted by atomic mass is 16.6. The first kappa shape index (κ1) is 6.15. The van der Waals surface area contributed by atoms with Crippen LogP contribution in [0.1, 0.15) is 0 Å². The topological polar surface area (TPSA) is 58.7 Å². The fraction of sp³-hybridized carbons (Fsp3) is 0.500. The quantitative estimate of drug-likeness (QED) is 0.355. The molecule has 0 fully saturated rings. The second kappa shape index (κ2) is 2.10. The van der Waals surface area contributed by atoms with Gasteiger partial charge in [0.1, 0.15) is 6.54 Å². The summed E-state index contributed by atoms with van der Waals surface area (Å²) in [6.07, 6.45) is 0.345. The maximum Gasteiger partial charge on any atom is 0.365 e. The Balaban J connectivity index is 2.59. The van der Waals surface area contributed by atoms with Gasteiger partial charge in [-0.2, -0.15) is 0 Å². The van der Waals surface area contributed by atoms with Gasteiger partial charge in [0, 0.05) is 6.21 Å². The van der Waals surface area contributed by atoms with Gasteiger partial charge >= 0.3 is 6.29 Å². The Morgan fingerprint density at radius 3 is 2.89 bits per heavy atom. The molecule has 2 radical (unpaired) electrons. The van der Waals surface area contributed by atoms with Crippen molar-refractivity contribution in [1.29, 1.82) is 0 Å². The molecule has 0 spiro atoms. The third-order valence-electron chi connectivity index (χ3n) is 1.00. The van der Waals surface area contributed by atoms with Crippen LogP contribution in [0.5, 0.6) is 0 Å². The van der Waals surface area contributed by atoms with Gasteiger partial charge in [-0.05, 0) is 7.05 Å². The summed E-state index contributed by atoms with van der Waals surface area (Å²) in [6, 6.07) is 0. The van der Waals surface area contributed by atoms with E-state index in [-0.39, 0.29) is 0 Å². The number of hydrogen-bond donors (Lipinski definition) is 0. The zero-order valence-electron chi connectivity index (χ0n) is 4.81. The minimum atomic E-state index is -0.954. The molecule has 0 aromatic rings. The largest absolute Gasteiger partial charge is 0.365 e. The van der Waals surface area contributed by atoms with Gasteiger partial charge in [0.15, 0.2) is 0 Å². The van der Waals surface area contributed by atoms with Gasteiger partial charge in [0.05, 0.1) is 4.92 Å². The molecule has 1 aliphatic heterocycles. The Kier molecular flexibility index (Phi) is 1.44. The van der Waals surface area contributed by atoms with Crippen molar-refractivity contribution in [2.45, 2.75) is 6.29 Å². The molecule has 1 rings (SSSR count). The highest BCUT2D eigenvalue weighted by Crippen LogP contribution is 2.05. The predicted molar refractivity (Wildman–Crippen MR) is 30.3 cm³/mol. The van der Waals surface area contributed by atoms with Crippen LogP contribution in [-0.2, 0) is 0 Å². The monoisotopic (exact) mass is 127 g/mol. The summed E-state index contributed by atoms with van der Waals surface area (Å²) in [4.78, 5) is 14.4. The lowest BCUT2D eigenvalue weighted by molar-refractivity contribution is -0.542. The van der Waals surface area contributed by atoms with Gasteiger partial charge in [-0.25, -0.2) is 9.89 Å². The van der Waals surface area contributed by atoms with Crippen molar-refractivity contribution in [1.82, 2.24) is 4.90 Å². The van der Waals surface area contributed by atoms with Crippen LogP contribution in [0.3, 0.4) is 0 Å². The average molecular weight is 127 g/mol. The summed E-state index contributed by atoms with van der Waals surface area (Å²) in [7, 11) is 1.56. The molecule has 0 N–H and O–H groups in total. The lowest BCUT2D eigenvalue weighted by Crippen LogP contribution is -2.30. The molecule has 48 valence electrons. The normalized spacial score (nSPS) is 27.0. The summed E-state index contributed by atoms with van der Waals surface area (Å²) in [5.41, 5.74) is 0. The SMILES string of the molecule is CN1[C]C=NC1[N+](=O)[O-]. The van der Waals surface area contributed by atoms with E-state index < -0.39 is 11.2 Å². The molecule has 0 saturated carbocycles. The van der Waals surface area contributed by atoms with Crippen LogP contribution in [0, 0.1) is 16.7 Å². The second-order valence-corrected chi connectivity index (χ2v) is 1.65. The summed E-state index contributed by atoms with van der Waals surface area (Å²) in [5.74, 6) is 0. The van der Waals surface area contributed by atoms with E-state index >= 15 is 0 Å². The average Bonchev–Trinajstić information content (AvgIpc) is 2.13. The molecular weight excluding hydrogens is 122 g/mol. The van der Waals surface area contributed by atoms with Crippen LogP contribution in [-0.4, -0.2) is 29.4 Å². The van der Waals surface area contributed by atoms with Gasteiger partial charge < -0.3 is 0 Å². The number of rotatable bonds is 1. The Labute approximate surface area is 52.1 Å². The lowest BCUT2D eigenvalue weighted by Gasteiger charge is -2.06. The van der Waals surface area contributed by atoms with Crippen LogP contribution < -0.4 is 0 Å². The molecule has 1 unspecified atom stereocenters. The summed E-state index contributed by atoms with van der Waals surface area (Å²) < 4.78 is 0. The molecule has 5 nitrogen and oxygen atoms in total. The Morgan fingerprint density at radius 2 is 2.67 bits per heavy atom. The van der Waals surface area contributed by atoms with Crippen molar-refractivity contribution in [3.63, 3.8) is 0 Å². The van der Waals surface area contributed by atoms with E-state index in [9.17, 15) is 10.1 Å². The molecule has 1 aliphatic rings. The van der Waals surface area contributed by atoms with E-state index in [2.05, 4.69) is 11.5 Å². The molecule has 9 heavy (non-hydrogen) atoms. The van der Waals surface area contributed by atoms with Crippen molar-refractivity contribution in [3.05, 3.63) is 16.7 Å². The van der Waals surface area contributed by atoms with Gasteiger partial charge in [-0.15, -0.1) is 0 Å². The molecule has 0 amide bonds. The van der Waals surface area contributed by atoms with E-state index in [4.69, 9.17) is 0 Å². The lowest BCUT2D eigenvalue weighted by atomic mass is 10.7. The third kappa shape index (κ3) is 1.05. The minimum absolute atomic E-state index is 0.476. The smallest absolute Gasteiger partial charge is 0.261 e. The van der Waals surface area contributed by atoms with E-state index in [0.29, 0.717) is 0 Å². The van der Waals surface area contributed by atoms with Gasteiger partial charge in [0.2, 0.25) is 0 Å². The maximum atomic E-state index is 10.0. The maximum absolute atomic E-state index is 10.0. The van der Waals surface area contributed by atoms with Gasteiger partial charge in [-0.3, -0.25) is 10.1 Å². The standard InChI is InChI=1S/C4H5N3O2/c1-6-3-2-5-4(6)7(8)9/h2,4H,1H3. The van der Waals surface area contributed by atoms with Crippen LogP contribution >= 0.6 is 0 Å². The molecule has 1 heterocycles. The van der Waals surface area contributed by atoms with Crippen molar-refractivity contribution in [2.75, 3.05) is 7.05 Å². The first-order valence-electron chi connectivity index (χ1n) is 2.36. The highest BCUT2D eigenvalue weighted by molar-refractivity contribution is 5.68. The Morgan fingerprint density at radius 1 is 2.00 bits per heavy atom. The Bertz CT molecular complexity index is 156. The number of hydrogen-bond acceptors (Lipinski definition) is 4. The van der Waals surface area contributed by atoms with Crippen molar-refractivity contribution in [3.8, 4) is 0 Å². The second-order valence-electron chi connectivity index (χ2n) is 1.65. The molecule has 0 aromatic carbocycles. The molecular formula is C4H5N3O2. The fourth-order valence-electron chi connectivity index (χ4n) is 0.554. The zero-order chi connectivity index (χ0) is 6.85. The number of nitro groups is 1.